The minimum Gasteiger partial charge on any atom is -0.487 e. The second kappa shape index (κ2) is 11.1. The molecule has 2 aliphatic rings. The van der Waals surface area contributed by atoms with Gasteiger partial charge in [-0.25, -0.2) is 9.78 Å². The van der Waals surface area contributed by atoms with Gasteiger partial charge in [0, 0.05) is 36.0 Å². The number of fused-ring (bicyclic) bond motifs is 1. The molecular formula is C29H28Cl2N4O4. The summed E-state index contributed by atoms with van der Waals surface area (Å²) in [5.74, 6) is 0.885. The zero-order chi connectivity index (χ0) is 26.9. The normalized spacial score (nSPS) is 19.3. The number of carboxylic acid groups (broad SMARTS) is 1. The lowest BCUT2D eigenvalue weighted by atomic mass is 10.0. The van der Waals surface area contributed by atoms with Crippen LogP contribution in [0.5, 0.6) is 5.75 Å². The number of imidazole rings is 1. The third kappa shape index (κ3) is 5.75. The molecule has 10 heteroatoms. The first-order chi connectivity index (χ1) is 18.9. The van der Waals surface area contributed by atoms with Gasteiger partial charge in [0.05, 0.1) is 40.8 Å². The molecule has 39 heavy (non-hydrogen) atoms. The summed E-state index contributed by atoms with van der Waals surface area (Å²) in [7, 11) is 0. The molecule has 8 nitrogen and oxygen atoms in total. The van der Waals surface area contributed by atoms with Gasteiger partial charge in [-0.3, -0.25) is 9.88 Å². The fourth-order valence-corrected chi connectivity index (χ4v) is 5.70. The summed E-state index contributed by atoms with van der Waals surface area (Å²) in [6, 6.07) is 14.4. The van der Waals surface area contributed by atoms with Gasteiger partial charge in [-0.15, -0.1) is 0 Å². The molecule has 4 aromatic rings. The van der Waals surface area contributed by atoms with Crippen molar-refractivity contribution in [2.45, 2.75) is 44.6 Å². The molecule has 2 atom stereocenters. The molecule has 0 amide bonds. The van der Waals surface area contributed by atoms with Crippen LogP contribution in [-0.2, 0) is 24.4 Å². The van der Waals surface area contributed by atoms with Crippen molar-refractivity contribution in [1.82, 2.24) is 19.4 Å². The quantitative estimate of drug-likeness (QED) is 0.274. The zero-order valence-corrected chi connectivity index (χ0v) is 22.7. The highest BCUT2D eigenvalue weighted by Gasteiger charge is 2.28. The fraction of sp³-hybridized carbons (Fsp3) is 0.345. The van der Waals surface area contributed by atoms with E-state index in [2.05, 4.69) is 20.5 Å². The maximum absolute atomic E-state index is 11.6. The van der Waals surface area contributed by atoms with Crippen LogP contribution in [0.25, 0.3) is 11.0 Å². The first-order valence-corrected chi connectivity index (χ1v) is 13.8. The van der Waals surface area contributed by atoms with Gasteiger partial charge in [-0.2, -0.15) is 0 Å². The summed E-state index contributed by atoms with van der Waals surface area (Å²) >= 11 is 12.2. The van der Waals surface area contributed by atoms with Crippen molar-refractivity contribution in [2.24, 2.45) is 0 Å². The molecular weight excluding hydrogens is 539 g/mol. The topological polar surface area (TPSA) is 89.7 Å². The monoisotopic (exact) mass is 566 g/mol. The third-order valence-corrected chi connectivity index (χ3v) is 7.97. The highest BCUT2D eigenvalue weighted by Crippen LogP contribution is 2.31. The molecule has 6 rings (SSSR count). The van der Waals surface area contributed by atoms with Crippen molar-refractivity contribution in [2.75, 3.05) is 19.7 Å². The molecule has 0 bridgehead atoms. The van der Waals surface area contributed by atoms with Gasteiger partial charge >= 0.3 is 5.97 Å². The summed E-state index contributed by atoms with van der Waals surface area (Å²) < 4.78 is 13.7. The number of aromatic carboxylic acids is 1. The SMILES string of the molecule is O=C(O)c1ccc2nc(CN3CCC(c4cc(COc5ccc(Cl)cc5Cl)ccn4)C3)n(C[C@@H]3CCO3)c2c1. The first-order valence-electron chi connectivity index (χ1n) is 13.0. The van der Waals surface area contributed by atoms with Crippen molar-refractivity contribution in [3.63, 3.8) is 0 Å². The number of carboxylic acids is 1. The van der Waals surface area contributed by atoms with Gasteiger partial charge in [0.2, 0.25) is 0 Å². The van der Waals surface area contributed by atoms with Gasteiger partial charge in [0.25, 0.3) is 0 Å². The van der Waals surface area contributed by atoms with E-state index in [-0.39, 0.29) is 11.7 Å². The van der Waals surface area contributed by atoms with E-state index >= 15 is 0 Å². The van der Waals surface area contributed by atoms with Crippen LogP contribution in [0.4, 0.5) is 0 Å². The van der Waals surface area contributed by atoms with Gasteiger partial charge in [-0.05, 0) is 73.5 Å². The molecule has 2 aromatic heterocycles. The number of pyridine rings is 1. The molecule has 4 heterocycles. The number of hydrogen-bond acceptors (Lipinski definition) is 6. The van der Waals surface area contributed by atoms with E-state index < -0.39 is 5.97 Å². The average molecular weight is 567 g/mol. The van der Waals surface area contributed by atoms with Crippen LogP contribution in [-0.4, -0.2) is 56.3 Å². The second-order valence-corrected chi connectivity index (χ2v) is 10.9. The Kier molecular flexibility index (Phi) is 7.44. The lowest BCUT2D eigenvalue weighted by Gasteiger charge is -2.28. The van der Waals surface area contributed by atoms with Gasteiger partial charge in [-0.1, -0.05) is 23.2 Å². The second-order valence-electron chi connectivity index (χ2n) is 10.1. The van der Waals surface area contributed by atoms with Crippen LogP contribution in [0.2, 0.25) is 10.0 Å². The first kappa shape index (κ1) is 26.1. The molecule has 2 aliphatic heterocycles. The number of aromatic nitrogens is 3. The van der Waals surface area contributed by atoms with Crippen molar-refractivity contribution in [3.8, 4) is 5.75 Å². The van der Waals surface area contributed by atoms with Crippen LogP contribution in [0.15, 0.2) is 54.7 Å². The van der Waals surface area contributed by atoms with E-state index in [1.54, 1.807) is 36.4 Å². The standard InChI is InChI=1S/C29H28Cl2N4O4/c30-21-2-4-27(23(31)13-21)39-17-18-5-8-32-25(11-18)20-6-9-34(14-20)16-28-33-24-3-1-19(29(36)37)12-26(24)35(28)15-22-7-10-38-22/h1-5,8,11-13,20,22H,6-7,9-10,14-17H2,(H,36,37)/t20?,22-/m0/s1. The van der Waals surface area contributed by atoms with Crippen molar-refractivity contribution in [3.05, 3.63) is 87.4 Å². The molecule has 0 radical (unpaired) electrons. The van der Waals surface area contributed by atoms with Gasteiger partial charge < -0.3 is 19.1 Å². The van der Waals surface area contributed by atoms with E-state index in [1.165, 1.54) is 0 Å². The Morgan fingerprint density at radius 1 is 1.13 bits per heavy atom. The number of likely N-dealkylation sites (tertiary alicyclic amines) is 1. The van der Waals surface area contributed by atoms with E-state index in [4.69, 9.17) is 37.7 Å². The summed E-state index contributed by atoms with van der Waals surface area (Å²) in [6.45, 7) is 4.30. The Bertz CT molecular complexity index is 1520. The van der Waals surface area contributed by atoms with Crippen LogP contribution >= 0.6 is 23.2 Å². The van der Waals surface area contributed by atoms with Crippen molar-refractivity contribution >= 4 is 40.2 Å². The fourth-order valence-electron chi connectivity index (χ4n) is 5.24. The summed E-state index contributed by atoms with van der Waals surface area (Å²) in [6.07, 6.45) is 3.96. The minimum atomic E-state index is -0.940. The van der Waals surface area contributed by atoms with Crippen LogP contribution < -0.4 is 4.74 Å². The number of benzene rings is 2. The Labute approximate surface area is 236 Å². The lowest BCUT2D eigenvalue weighted by molar-refractivity contribution is -0.0591. The van der Waals surface area contributed by atoms with Crippen molar-refractivity contribution < 1.29 is 19.4 Å². The van der Waals surface area contributed by atoms with Crippen LogP contribution in [0.1, 0.15) is 46.2 Å². The molecule has 0 spiro atoms. The maximum Gasteiger partial charge on any atom is 0.335 e. The number of halogens is 2. The molecule has 1 N–H and O–H groups in total. The van der Waals surface area contributed by atoms with Crippen LogP contribution in [0.3, 0.4) is 0 Å². The van der Waals surface area contributed by atoms with Crippen LogP contribution in [0, 0.1) is 0 Å². The predicted molar refractivity (Wildman–Crippen MR) is 149 cm³/mol. The Morgan fingerprint density at radius 3 is 2.77 bits per heavy atom. The van der Waals surface area contributed by atoms with E-state index in [9.17, 15) is 9.90 Å². The third-order valence-electron chi connectivity index (χ3n) is 7.44. The largest absolute Gasteiger partial charge is 0.487 e. The minimum absolute atomic E-state index is 0.137. The number of rotatable bonds is 9. The molecule has 0 aliphatic carbocycles. The van der Waals surface area contributed by atoms with E-state index in [0.717, 1.165) is 60.7 Å². The number of carbonyl (C=O) groups is 1. The Hall–Kier alpha value is -3.17. The number of hydrogen-bond donors (Lipinski definition) is 1. The average Bonchev–Trinajstić information content (AvgIpc) is 3.50. The molecule has 0 saturated carbocycles. The molecule has 202 valence electrons. The maximum atomic E-state index is 11.6. The number of nitrogens with zero attached hydrogens (tertiary/aromatic N) is 4. The highest BCUT2D eigenvalue weighted by molar-refractivity contribution is 6.35. The van der Waals surface area contributed by atoms with E-state index in [0.29, 0.717) is 41.4 Å². The number of ether oxygens (including phenoxy) is 2. The Morgan fingerprint density at radius 2 is 2.00 bits per heavy atom. The highest BCUT2D eigenvalue weighted by atomic mass is 35.5. The van der Waals surface area contributed by atoms with E-state index in [1.807, 2.05) is 12.3 Å². The zero-order valence-electron chi connectivity index (χ0n) is 21.2. The Balaban J connectivity index is 1.15. The van der Waals surface area contributed by atoms with Crippen molar-refractivity contribution in [1.29, 1.82) is 0 Å². The molecule has 2 saturated heterocycles. The smallest absolute Gasteiger partial charge is 0.335 e. The molecule has 2 fully saturated rings. The molecule has 2 aromatic carbocycles. The summed E-state index contributed by atoms with van der Waals surface area (Å²) in [5.41, 5.74) is 3.98. The molecule has 1 unspecified atom stereocenters. The van der Waals surface area contributed by atoms with Gasteiger partial charge in [0.1, 0.15) is 18.2 Å². The predicted octanol–water partition coefficient (Wildman–Crippen LogP) is 5.79. The lowest BCUT2D eigenvalue weighted by Crippen LogP contribution is -2.32. The summed E-state index contributed by atoms with van der Waals surface area (Å²) in [4.78, 5) is 23.5. The summed E-state index contributed by atoms with van der Waals surface area (Å²) in [5, 5.41) is 10.5. The van der Waals surface area contributed by atoms with Gasteiger partial charge in [0.15, 0.2) is 0 Å².